The summed E-state index contributed by atoms with van der Waals surface area (Å²) < 4.78 is 0. The van der Waals surface area contributed by atoms with Crippen LogP contribution in [0.15, 0.2) is 0 Å². The van der Waals surface area contributed by atoms with Gasteiger partial charge in [0.2, 0.25) is 5.91 Å². The van der Waals surface area contributed by atoms with Gasteiger partial charge < -0.3 is 0 Å². The van der Waals surface area contributed by atoms with Crippen molar-refractivity contribution in [3.8, 4) is 0 Å². The third kappa shape index (κ3) is 4.31. The summed E-state index contributed by atoms with van der Waals surface area (Å²) >= 11 is 0. The molecule has 0 saturated carbocycles. The molecule has 0 unspecified atom stereocenters. The lowest BCUT2D eigenvalue weighted by Gasteiger charge is -2.24. The van der Waals surface area contributed by atoms with Gasteiger partial charge >= 0.3 is 0 Å². The van der Waals surface area contributed by atoms with Crippen LogP contribution in [0, 0.1) is 0 Å². The second-order valence-corrected chi connectivity index (χ2v) is 3.13. The lowest BCUT2D eigenvalue weighted by atomic mass is 10.3. The summed E-state index contributed by atoms with van der Waals surface area (Å²) in [6, 6.07) is 0.391. The molecule has 12 heavy (non-hydrogen) atoms. The van der Waals surface area contributed by atoms with Crippen LogP contribution in [0.2, 0.25) is 0 Å². The molecule has 4 nitrogen and oxygen atoms in total. The highest BCUT2D eigenvalue weighted by Gasteiger charge is 2.11. The SMILES string of the molecule is CCCN(CC(=O)NN)C(C)C. The van der Waals surface area contributed by atoms with Gasteiger partial charge in [0.05, 0.1) is 6.54 Å². The van der Waals surface area contributed by atoms with E-state index in [2.05, 4.69) is 31.1 Å². The van der Waals surface area contributed by atoms with Crippen molar-refractivity contribution in [3.05, 3.63) is 0 Å². The number of hydrogen-bond donors (Lipinski definition) is 2. The number of nitrogens with zero attached hydrogens (tertiary/aromatic N) is 1. The molecule has 0 atom stereocenters. The fourth-order valence-corrected chi connectivity index (χ4v) is 1.04. The third-order valence-electron chi connectivity index (χ3n) is 1.75. The van der Waals surface area contributed by atoms with E-state index in [0.717, 1.165) is 13.0 Å². The number of hydrogen-bond acceptors (Lipinski definition) is 3. The molecule has 0 aliphatic heterocycles. The molecule has 1 amide bonds. The Hall–Kier alpha value is -0.610. The summed E-state index contributed by atoms with van der Waals surface area (Å²) in [5.74, 6) is 4.86. The normalized spacial score (nSPS) is 10.8. The van der Waals surface area contributed by atoms with Crippen molar-refractivity contribution in [1.29, 1.82) is 0 Å². The van der Waals surface area contributed by atoms with Crippen LogP contribution in [0.25, 0.3) is 0 Å². The van der Waals surface area contributed by atoms with Gasteiger partial charge in [-0.05, 0) is 26.8 Å². The molecule has 0 fully saturated rings. The lowest BCUT2D eigenvalue weighted by molar-refractivity contribution is -0.122. The number of nitrogens with one attached hydrogen (secondary N) is 1. The summed E-state index contributed by atoms with van der Waals surface area (Å²) in [4.78, 5) is 13.0. The van der Waals surface area contributed by atoms with Crippen molar-refractivity contribution in [2.45, 2.75) is 33.2 Å². The Morgan fingerprint density at radius 3 is 2.50 bits per heavy atom. The minimum Gasteiger partial charge on any atom is -0.293 e. The molecule has 0 bridgehead atoms. The molecule has 0 rings (SSSR count). The Bertz CT molecular complexity index is 136. The van der Waals surface area contributed by atoms with Crippen LogP contribution in [0.1, 0.15) is 27.2 Å². The second kappa shape index (κ2) is 5.97. The first-order valence-corrected chi connectivity index (χ1v) is 4.35. The number of amides is 1. The summed E-state index contributed by atoms with van der Waals surface area (Å²) in [7, 11) is 0. The molecular weight excluding hydrogens is 154 g/mol. The van der Waals surface area contributed by atoms with Crippen LogP contribution in [-0.2, 0) is 4.79 Å². The van der Waals surface area contributed by atoms with E-state index in [1.54, 1.807) is 0 Å². The van der Waals surface area contributed by atoms with E-state index in [0.29, 0.717) is 12.6 Å². The van der Waals surface area contributed by atoms with Crippen LogP contribution in [0.4, 0.5) is 0 Å². The van der Waals surface area contributed by atoms with Gasteiger partial charge in [-0.15, -0.1) is 0 Å². The molecule has 0 aliphatic carbocycles. The van der Waals surface area contributed by atoms with Crippen molar-refractivity contribution in [2.75, 3.05) is 13.1 Å². The van der Waals surface area contributed by atoms with Crippen LogP contribution in [-0.4, -0.2) is 29.9 Å². The maximum absolute atomic E-state index is 10.9. The number of carbonyl (C=O) groups is 1. The number of hydrazine groups is 1. The van der Waals surface area contributed by atoms with Crippen LogP contribution in [0.3, 0.4) is 0 Å². The first-order valence-electron chi connectivity index (χ1n) is 4.35. The summed E-state index contributed by atoms with van der Waals surface area (Å²) in [5, 5.41) is 0. The zero-order valence-electron chi connectivity index (χ0n) is 8.13. The number of nitrogens with two attached hydrogens (primary N) is 1. The van der Waals surface area contributed by atoms with Crippen molar-refractivity contribution >= 4 is 5.91 Å². The molecule has 0 aromatic rings. The molecule has 0 aliphatic rings. The maximum atomic E-state index is 10.9. The van der Waals surface area contributed by atoms with Crippen LogP contribution < -0.4 is 11.3 Å². The minimum absolute atomic E-state index is 0.128. The highest BCUT2D eigenvalue weighted by atomic mass is 16.2. The Morgan fingerprint density at radius 1 is 1.58 bits per heavy atom. The third-order valence-corrected chi connectivity index (χ3v) is 1.75. The van der Waals surface area contributed by atoms with Crippen molar-refractivity contribution in [1.82, 2.24) is 10.3 Å². The molecule has 3 N–H and O–H groups in total. The first kappa shape index (κ1) is 11.4. The predicted octanol–water partition coefficient (Wildman–Crippen LogP) is 0.0967. The fourth-order valence-electron chi connectivity index (χ4n) is 1.04. The minimum atomic E-state index is -0.128. The van der Waals surface area contributed by atoms with E-state index < -0.39 is 0 Å². The van der Waals surface area contributed by atoms with Gasteiger partial charge in [0.1, 0.15) is 0 Å². The predicted molar refractivity (Wildman–Crippen MR) is 49.3 cm³/mol. The lowest BCUT2D eigenvalue weighted by Crippen LogP contribution is -2.43. The number of carbonyl (C=O) groups excluding carboxylic acids is 1. The Balaban J connectivity index is 3.86. The average molecular weight is 173 g/mol. The summed E-state index contributed by atoms with van der Waals surface area (Å²) in [6.45, 7) is 7.56. The quantitative estimate of drug-likeness (QED) is 0.352. The Labute approximate surface area is 74.1 Å². The van der Waals surface area contributed by atoms with Crippen LogP contribution in [0.5, 0.6) is 0 Å². The smallest absolute Gasteiger partial charge is 0.248 e. The Kier molecular flexibility index (Phi) is 5.66. The zero-order chi connectivity index (χ0) is 9.56. The van der Waals surface area contributed by atoms with Crippen molar-refractivity contribution in [3.63, 3.8) is 0 Å². The van der Waals surface area contributed by atoms with E-state index in [-0.39, 0.29) is 5.91 Å². The molecule has 0 saturated heterocycles. The number of rotatable bonds is 5. The average Bonchev–Trinajstić information content (AvgIpc) is 2.03. The summed E-state index contributed by atoms with van der Waals surface area (Å²) in [5.41, 5.74) is 2.13. The van der Waals surface area contributed by atoms with E-state index in [9.17, 15) is 4.79 Å². The van der Waals surface area contributed by atoms with Gasteiger partial charge in [-0.3, -0.25) is 15.1 Å². The second-order valence-electron chi connectivity index (χ2n) is 3.13. The van der Waals surface area contributed by atoms with Gasteiger partial charge in [-0.1, -0.05) is 6.92 Å². The molecule has 0 heterocycles. The molecule has 0 aromatic carbocycles. The fraction of sp³-hybridized carbons (Fsp3) is 0.875. The van der Waals surface area contributed by atoms with Crippen molar-refractivity contribution < 1.29 is 4.79 Å². The molecule has 0 spiro atoms. The van der Waals surface area contributed by atoms with E-state index >= 15 is 0 Å². The topological polar surface area (TPSA) is 58.4 Å². The van der Waals surface area contributed by atoms with E-state index in [4.69, 9.17) is 5.84 Å². The van der Waals surface area contributed by atoms with E-state index in [1.165, 1.54) is 0 Å². The largest absolute Gasteiger partial charge is 0.293 e. The van der Waals surface area contributed by atoms with Gasteiger partial charge in [0.15, 0.2) is 0 Å². The standard InChI is InChI=1S/C8H19N3O/c1-4-5-11(7(2)3)6-8(12)10-9/h7H,4-6,9H2,1-3H3,(H,10,12). The molecule has 0 radical (unpaired) electrons. The van der Waals surface area contributed by atoms with E-state index in [1.807, 2.05) is 0 Å². The van der Waals surface area contributed by atoms with Gasteiger partial charge in [-0.2, -0.15) is 0 Å². The highest BCUT2D eigenvalue weighted by Crippen LogP contribution is 1.98. The summed E-state index contributed by atoms with van der Waals surface area (Å²) in [6.07, 6.45) is 1.05. The first-order chi connectivity index (χ1) is 5.61. The van der Waals surface area contributed by atoms with Crippen molar-refractivity contribution in [2.24, 2.45) is 5.84 Å². The zero-order valence-corrected chi connectivity index (χ0v) is 8.13. The van der Waals surface area contributed by atoms with Gasteiger partial charge in [0.25, 0.3) is 0 Å². The Morgan fingerprint density at radius 2 is 2.17 bits per heavy atom. The molecule has 4 heteroatoms. The van der Waals surface area contributed by atoms with Gasteiger partial charge in [-0.25, -0.2) is 5.84 Å². The molecular formula is C8H19N3O. The maximum Gasteiger partial charge on any atom is 0.248 e. The monoisotopic (exact) mass is 173 g/mol. The molecule has 0 aromatic heterocycles. The molecule has 72 valence electrons. The van der Waals surface area contributed by atoms with Gasteiger partial charge in [0, 0.05) is 6.04 Å². The highest BCUT2D eigenvalue weighted by molar-refractivity contribution is 5.77. The van der Waals surface area contributed by atoms with Crippen LogP contribution >= 0.6 is 0 Å².